The maximum absolute atomic E-state index is 6.16. The van der Waals surface area contributed by atoms with E-state index in [1.807, 2.05) is 18.2 Å². The van der Waals surface area contributed by atoms with Crippen molar-refractivity contribution in [2.24, 2.45) is 5.73 Å². The fourth-order valence-corrected chi connectivity index (χ4v) is 3.26. The molecular weight excluding hydrogens is 246 g/mol. The molecule has 1 fully saturated rings. The van der Waals surface area contributed by atoms with Crippen molar-refractivity contribution in [2.45, 2.75) is 43.9 Å². The Labute approximate surface area is 114 Å². The minimum absolute atomic E-state index is 0.0484. The third-order valence-corrected chi connectivity index (χ3v) is 4.42. The van der Waals surface area contributed by atoms with Crippen LogP contribution in [0.2, 0.25) is 5.02 Å². The smallest absolute Gasteiger partial charge is 0.122 e. The third kappa shape index (κ3) is 2.65. The van der Waals surface area contributed by atoms with E-state index in [9.17, 15) is 0 Å². The quantitative estimate of drug-likeness (QED) is 0.843. The highest BCUT2D eigenvalue weighted by molar-refractivity contribution is 6.30. The summed E-state index contributed by atoms with van der Waals surface area (Å²) in [7, 11) is 1.72. The Morgan fingerprint density at radius 3 is 2.44 bits per heavy atom. The number of nitrogens with two attached hydrogens (primary N) is 1. The molecule has 0 saturated heterocycles. The molecule has 1 aliphatic rings. The van der Waals surface area contributed by atoms with Gasteiger partial charge >= 0.3 is 0 Å². The molecule has 100 valence electrons. The first-order valence-electron chi connectivity index (χ1n) is 6.76. The molecular formula is C15H22ClNO. The van der Waals surface area contributed by atoms with Gasteiger partial charge in [0, 0.05) is 22.5 Å². The van der Waals surface area contributed by atoms with Crippen molar-refractivity contribution >= 4 is 11.6 Å². The van der Waals surface area contributed by atoms with Gasteiger partial charge in [-0.1, -0.05) is 37.3 Å². The molecule has 2 N–H and O–H groups in total. The zero-order valence-electron chi connectivity index (χ0n) is 11.0. The summed E-state index contributed by atoms with van der Waals surface area (Å²) in [6, 6.07) is 5.88. The van der Waals surface area contributed by atoms with Crippen LogP contribution in [0, 0.1) is 0 Å². The normalized spacial score (nSPS) is 19.3. The zero-order chi connectivity index (χ0) is 13.0. The van der Waals surface area contributed by atoms with Crippen LogP contribution < -0.4 is 10.5 Å². The Balaban J connectivity index is 2.44. The average Bonchev–Trinajstić information content (AvgIpc) is 2.65. The second kappa shape index (κ2) is 5.94. The second-order valence-corrected chi connectivity index (χ2v) is 5.68. The topological polar surface area (TPSA) is 35.2 Å². The van der Waals surface area contributed by atoms with Gasteiger partial charge < -0.3 is 10.5 Å². The maximum Gasteiger partial charge on any atom is 0.122 e. The first-order chi connectivity index (χ1) is 8.72. The monoisotopic (exact) mass is 267 g/mol. The molecule has 0 atom stereocenters. The molecule has 0 amide bonds. The van der Waals surface area contributed by atoms with Gasteiger partial charge in [-0.25, -0.2) is 0 Å². The van der Waals surface area contributed by atoms with Crippen molar-refractivity contribution in [2.75, 3.05) is 13.7 Å². The number of rotatable bonds is 3. The minimum atomic E-state index is 0.0484. The van der Waals surface area contributed by atoms with Crippen molar-refractivity contribution in [3.8, 4) is 5.75 Å². The van der Waals surface area contributed by atoms with Crippen LogP contribution in [0.4, 0.5) is 0 Å². The molecule has 0 spiro atoms. The molecule has 2 nitrogen and oxygen atoms in total. The molecule has 0 heterocycles. The third-order valence-electron chi connectivity index (χ3n) is 4.18. The van der Waals surface area contributed by atoms with Crippen molar-refractivity contribution in [1.82, 2.24) is 0 Å². The SMILES string of the molecule is COc1ccc(Cl)cc1C1(CN)CCCCCC1. The van der Waals surface area contributed by atoms with Crippen molar-refractivity contribution < 1.29 is 4.74 Å². The van der Waals surface area contributed by atoms with E-state index in [-0.39, 0.29) is 5.41 Å². The van der Waals surface area contributed by atoms with Gasteiger partial charge in [0.2, 0.25) is 0 Å². The molecule has 1 aromatic carbocycles. The van der Waals surface area contributed by atoms with Gasteiger partial charge in [0.25, 0.3) is 0 Å². The van der Waals surface area contributed by atoms with E-state index in [0.717, 1.165) is 23.6 Å². The van der Waals surface area contributed by atoms with Gasteiger partial charge in [0.15, 0.2) is 0 Å². The summed E-state index contributed by atoms with van der Waals surface area (Å²) in [6.07, 6.45) is 7.38. The summed E-state index contributed by atoms with van der Waals surface area (Å²) in [5.41, 5.74) is 7.36. The molecule has 0 radical (unpaired) electrons. The predicted octanol–water partition coefficient (Wildman–Crippen LogP) is 3.90. The molecule has 1 aromatic rings. The highest BCUT2D eigenvalue weighted by Crippen LogP contribution is 2.42. The van der Waals surface area contributed by atoms with Gasteiger partial charge in [0.05, 0.1) is 7.11 Å². The van der Waals surface area contributed by atoms with Crippen LogP contribution in [0.5, 0.6) is 5.75 Å². The number of ether oxygens (including phenoxy) is 1. The van der Waals surface area contributed by atoms with Crippen molar-refractivity contribution in [3.05, 3.63) is 28.8 Å². The van der Waals surface area contributed by atoms with Crippen LogP contribution in [0.1, 0.15) is 44.1 Å². The summed E-state index contributed by atoms with van der Waals surface area (Å²) in [4.78, 5) is 0. The van der Waals surface area contributed by atoms with E-state index in [4.69, 9.17) is 22.1 Å². The van der Waals surface area contributed by atoms with Gasteiger partial charge in [-0.3, -0.25) is 0 Å². The number of methoxy groups -OCH3 is 1. The molecule has 0 aliphatic heterocycles. The lowest BCUT2D eigenvalue weighted by Gasteiger charge is -2.33. The summed E-state index contributed by atoms with van der Waals surface area (Å²) in [5, 5.41) is 0.767. The Morgan fingerprint density at radius 2 is 1.89 bits per heavy atom. The number of hydrogen-bond donors (Lipinski definition) is 1. The first-order valence-corrected chi connectivity index (χ1v) is 7.14. The Morgan fingerprint density at radius 1 is 1.22 bits per heavy atom. The Bertz CT molecular complexity index is 397. The van der Waals surface area contributed by atoms with E-state index in [0.29, 0.717) is 6.54 Å². The second-order valence-electron chi connectivity index (χ2n) is 5.24. The van der Waals surface area contributed by atoms with Crippen molar-refractivity contribution in [1.29, 1.82) is 0 Å². The lowest BCUT2D eigenvalue weighted by Crippen LogP contribution is -2.35. The van der Waals surface area contributed by atoms with Gasteiger partial charge in [-0.2, -0.15) is 0 Å². The highest BCUT2D eigenvalue weighted by atomic mass is 35.5. The molecule has 3 heteroatoms. The fourth-order valence-electron chi connectivity index (χ4n) is 3.08. The lowest BCUT2D eigenvalue weighted by atomic mass is 9.74. The summed E-state index contributed by atoms with van der Waals surface area (Å²) in [6.45, 7) is 0.670. The largest absolute Gasteiger partial charge is 0.496 e. The Hall–Kier alpha value is -0.730. The molecule has 2 rings (SSSR count). The zero-order valence-corrected chi connectivity index (χ0v) is 11.8. The fraction of sp³-hybridized carbons (Fsp3) is 0.600. The molecule has 1 saturated carbocycles. The van der Waals surface area contributed by atoms with Crippen LogP contribution >= 0.6 is 11.6 Å². The standard InChI is InChI=1S/C15H22ClNO/c1-18-14-7-6-12(16)10-13(14)15(11-17)8-4-2-3-5-9-15/h6-7,10H,2-5,8-9,11,17H2,1H3. The summed E-state index contributed by atoms with van der Waals surface area (Å²) >= 11 is 6.16. The van der Waals surface area contributed by atoms with E-state index in [1.54, 1.807) is 7.11 Å². The van der Waals surface area contributed by atoms with Crippen LogP contribution in [0.15, 0.2) is 18.2 Å². The van der Waals surface area contributed by atoms with Gasteiger partial charge in [0.1, 0.15) is 5.75 Å². The number of benzene rings is 1. The molecule has 18 heavy (non-hydrogen) atoms. The highest BCUT2D eigenvalue weighted by Gasteiger charge is 2.34. The van der Waals surface area contributed by atoms with Crippen LogP contribution in [0.25, 0.3) is 0 Å². The number of halogens is 1. The molecule has 0 unspecified atom stereocenters. The van der Waals surface area contributed by atoms with E-state index < -0.39 is 0 Å². The lowest BCUT2D eigenvalue weighted by molar-refractivity contribution is 0.346. The minimum Gasteiger partial charge on any atom is -0.496 e. The van der Waals surface area contributed by atoms with Crippen LogP contribution in [-0.4, -0.2) is 13.7 Å². The predicted molar refractivity (Wildman–Crippen MR) is 76.4 cm³/mol. The van der Waals surface area contributed by atoms with E-state index in [1.165, 1.54) is 31.2 Å². The number of hydrogen-bond acceptors (Lipinski definition) is 2. The molecule has 1 aliphatic carbocycles. The van der Waals surface area contributed by atoms with Gasteiger partial charge in [-0.05, 0) is 31.0 Å². The maximum atomic E-state index is 6.16. The molecule has 0 bridgehead atoms. The molecule has 0 aromatic heterocycles. The Kier molecular flexibility index (Phi) is 4.52. The summed E-state index contributed by atoms with van der Waals surface area (Å²) in [5.74, 6) is 0.923. The van der Waals surface area contributed by atoms with E-state index in [2.05, 4.69) is 0 Å². The van der Waals surface area contributed by atoms with Crippen LogP contribution in [0.3, 0.4) is 0 Å². The van der Waals surface area contributed by atoms with Gasteiger partial charge in [-0.15, -0.1) is 0 Å². The van der Waals surface area contributed by atoms with Crippen molar-refractivity contribution in [3.63, 3.8) is 0 Å². The summed E-state index contributed by atoms with van der Waals surface area (Å²) < 4.78 is 5.51. The average molecular weight is 268 g/mol. The van der Waals surface area contributed by atoms with Crippen LogP contribution in [-0.2, 0) is 5.41 Å². The van der Waals surface area contributed by atoms with E-state index >= 15 is 0 Å². The first kappa shape index (κ1) is 13.7.